The van der Waals surface area contributed by atoms with Gasteiger partial charge in [-0.15, -0.1) is 11.3 Å². The van der Waals surface area contributed by atoms with Crippen molar-refractivity contribution >= 4 is 33.4 Å². The van der Waals surface area contributed by atoms with Crippen LogP contribution in [0.15, 0.2) is 30.6 Å². The Kier molecular flexibility index (Phi) is 5.43. The molecule has 0 radical (unpaired) electrons. The molecule has 3 aromatic rings. The number of aryl methyl sites for hydroxylation is 1. The lowest BCUT2D eigenvalue weighted by molar-refractivity contribution is 0.0921. The summed E-state index contributed by atoms with van der Waals surface area (Å²) in [6, 6.07) is 5.71. The Balaban J connectivity index is 1.92. The van der Waals surface area contributed by atoms with Crippen molar-refractivity contribution in [1.82, 2.24) is 20.3 Å². The highest BCUT2D eigenvalue weighted by Gasteiger charge is 2.18. The topological polar surface area (TPSA) is 100 Å². The number of nitrogens with one attached hydrogen (secondary N) is 2. The molecule has 2 atom stereocenters. The molecule has 0 spiro atoms. The van der Waals surface area contributed by atoms with E-state index in [0.717, 1.165) is 20.7 Å². The summed E-state index contributed by atoms with van der Waals surface area (Å²) < 4.78 is 0.741. The summed E-state index contributed by atoms with van der Waals surface area (Å²) in [5, 5.41) is 15.3. The summed E-state index contributed by atoms with van der Waals surface area (Å²) in [6.45, 7) is 5.74. The van der Waals surface area contributed by atoms with Crippen molar-refractivity contribution < 1.29 is 9.90 Å². The number of amides is 1. The highest BCUT2D eigenvalue weighted by atomic mass is 32.1. The minimum atomic E-state index is -0.621. The summed E-state index contributed by atoms with van der Waals surface area (Å²) in [4.78, 5) is 26.7. The van der Waals surface area contributed by atoms with E-state index in [-0.39, 0.29) is 18.5 Å². The fourth-order valence-corrected chi connectivity index (χ4v) is 3.44. The Hall–Kier alpha value is -2.58. The maximum absolute atomic E-state index is 12.5. The minimum absolute atomic E-state index is 0.0609. The highest BCUT2D eigenvalue weighted by molar-refractivity contribution is 7.19. The Morgan fingerprint density at radius 3 is 2.85 bits per heavy atom. The zero-order chi connectivity index (χ0) is 18.7. The lowest BCUT2D eigenvalue weighted by atomic mass is 10.1. The zero-order valence-electron chi connectivity index (χ0n) is 14.9. The summed E-state index contributed by atoms with van der Waals surface area (Å²) in [5.74, 6) is 0.0612. The highest BCUT2D eigenvalue weighted by Crippen LogP contribution is 2.28. The van der Waals surface area contributed by atoms with Gasteiger partial charge in [-0.2, -0.15) is 0 Å². The maximum atomic E-state index is 12.5. The van der Waals surface area contributed by atoms with E-state index in [1.807, 2.05) is 32.0 Å². The van der Waals surface area contributed by atoms with Crippen molar-refractivity contribution in [3.05, 3.63) is 46.7 Å². The molecule has 1 amide bonds. The van der Waals surface area contributed by atoms with Gasteiger partial charge in [-0.05, 0) is 38.5 Å². The van der Waals surface area contributed by atoms with Gasteiger partial charge >= 0.3 is 0 Å². The Morgan fingerprint density at radius 1 is 1.35 bits per heavy atom. The second-order valence-corrected chi connectivity index (χ2v) is 7.43. The fraction of sp³-hybridized carbons (Fsp3) is 0.333. The molecule has 0 saturated carbocycles. The van der Waals surface area contributed by atoms with Crippen molar-refractivity contribution in [1.29, 1.82) is 0 Å². The third kappa shape index (κ3) is 4.14. The first-order valence-corrected chi connectivity index (χ1v) is 9.16. The molecule has 0 aliphatic heterocycles. The number of nitrogens with zero attached hydrogens (tertiary/aromatic N) is 3. The van der Waals surface area contributed by atoms with Gasteiger partial charge in [0.2, 0.25) is 5.95 Å². The molecule has 0 bridgehead atoms. The van der Waals surface area contributed by atoms with Crippen LogP contribution in [0.3, 0.4) is 0 Å². The maximum Gasteiger partial charge on any atom is 0.271 e. The van der Waals surface area contributed by atoms with E-state index in [1.54, 1.807) is 19.3 Å². The predicted molar refractivity (Wildman–Crippen MR) is 102 cm³/mol. The third-order valence-corrected chi connectivity index (χ3v) is 4.84. The summed E-state index contributed by atoms with van der Waals surface area (Å²) in [7, 11) is 0. The van der Waals surface area contributed by atoms with Crippen molar-refractivity contribution in [3.63, 3.8) is 0 Å². The van der Waals surface area contributed by atoms with Crippen LogP contribution in [0.2, 0.25) is 0 Å². The molecule has 0 aliphatic rings. The zero-order valence-corrected chi connectivity index (χ0v) is 15.7. The smallest absolute Gasteiger partial charge is 0.271 e. The predicted octanol–water partition coefficient (Wildman–Crippen LogP) is 2.68. The van der Waals surface area contributed by atoms with E-state index < -0.39 is 6.10 Å². The van der Waals surface area contributed by atoms with Crippen LogP contribution in [0.25, 0.3) is 10.2 Å². The van der Waals surface area contributed by atoms with Crippen molar-refractivity contribution in [2.75, 3.05) is 11.9 Å². The SMILES string of the molecule is Cc1cc2nc(NC(C)c3cccnc3)nc(C(=O)NC[C@@H](C)O)c2s1. The van der Waals surface area contributed by atoms with Crippen molar-refractivity contribution in [2.45, 2.75) is 32.9 Å². The number of carbonyl (C=O) groups excluding carboxylic acids is 1. The summed E-state index contributed by atoms with van der Waals surface area (Å²) in [6.07, 6.45) is 2.88. The van der Waals surface area contributed by atoms with Crippen LogP contribution in [0, 0.1) is 6.92 Å². The third-order valence-electron chi connectivity index (χ3n) is 3.80. The van der Waals surface area contributed by atoms with Gasteiger partial charge in [0.1, 0.15) is 0 Å². The van der Waals surface area contributed by atoms with Gasteiger partial charge < -0.3 is 15.7 Å². The first-order chi connectivity index (χ1) is 12.4. The monoisotopic (exact) mass is 371 g/mol. The molecule has 0 aromatic carbocycles. The number of carbonyl (C=O) groups is 1. The standard InChI is InChI=1S/C18H21N5O2S/c1-10(24)8-20-17(25)15-16-14(7-11(2)26-16)22-18(23-15)21-12(3)13-5-4-6-19-9-13/h4-7,9-10,12,24H,8H2,1-3H3,(H,20,25)(H,21,22,23)/t10-,12?/m1/s1. The second kappa shape index (κ2) is 7.76. The lowest BCUT2D eigenvalue weighted by Gasteiger charge is -2.15. The second-order valence-electron chi connectivity index (χ2n) is 6.18. The van der Waals surface area contributed by atoms with Gasteiger partial charge in [-0.25, -0.2) is 9.97 Å². The number of aromatic nitrogens is 3. The van der Waals surface area contributed by atoms with Gasteiger partial charge in [-0.3, -0.25) is 9.78 Å². The summed E-state index contributed by atoms with van der Waals surface area (Å²) in [5.41, 5.74) is 2.04. The molecule has 8 heteroatoms. The van der Waals surface area contributed by atoms with Gasteiger partial charge in [-0.1, -0.05) is 6.07 Å². The number of fused-ring (bicyclic) bond motifs is 1. The van der Waals surface area contributed by atoms with Crippen molar-refractivity contribution in [2.24, 2.45) is 0 Å². The van der Waals surface area contributed by atoms with Crippen LogP contribution in [0.5, 0.6) is 0 Å². The van der Waals surface area contributed by atoms with Gasteiger partial charge in [0.05, 0.1) is 22.4 Å². The number of aliphatic hydroxyl groups excluding tert-OH is 1. The first kappa shape index (κ1) is 18.2. The molecule has 0 aliphatic carbocycles. The normalized spacial score (nSPS) is 13.4. The first-order valence-electron chi connectivity index (χ1n) is 8.35. The largest absolute Gasteiger partial charge is 0.392 e. The number of thiophene rings is 1. The van der Waals surface area contributed by atoms with Crippen LogP contribution < -0.4 is 10.6 Å². The van der Waals surface area contributed by atoms with Gasteiger partial charge in [0, 0.05) is 23.8 Å². The lowest BCUT2D eigenvalue weighted by Crippen LogP contribution is -2.31. The molecule has 3 aromatic heterocycles. The Morgan fingerprint density at radius 2 is 2.15 bits per heavy atom. The Labute approximate surface area is 155 Å². The molecule has 3 rings (SSSR count). The average Bonchev–Trinajstić information content (AvgIpc) is 2.99. The molecule has 3 heterocycles. The molecular weight excluding hydrogens is 350 g/mol. The molecule has 7 nitrogen and oxygen atoms in total. The van der Waals surface area contributed by atoms with E-state index in [0.29, 0.717) is 11.6 Å². The minimum Gasteiger partial charge on any atom is -0.392 e. The number of aliphatic hydroxyl groups is 1. The number of rotatable bonds is 6. The van der Waals surface area contributed by atoms with E-state index in [2.05, 4.69) is 25.6 Å². The summed E-state index contributed by atoms with van der Waals surface area (Å²) >= 11 is 1.48. The molecule has 26 heavy (non-hydrogen) atoms. The average molecular weight is 371 g/mol. The van der Waals surface area contributed by atoms with E-state index in [1.165, 1.54) is 11.3 Å². The number of hydrogen-bond donors (Lipinski definition) is 3. The fourth-order valence-electron chi connectivity index (χ4n) is 2.50. The van der Waals surface area contributed by atoms with Gasteiger partial charge in [0.25, 0.3) is 5.91 Å². The number of pyridine rings is 1. The van der Waals surface area contributed by atoms with Crippen LogP contribution >= 0.6 is 11.3 Å². The van der Waals surface area contributed by atoms with E-state index in [4.69, 9.17) is 0 Å². The molecule has 0 saturated heterocycles. The van der Waals surface area contributed by atoms with Crippen LogP contribution in [-0.2, 0) is 0 Å². The molecule has 0 fully saturated rings. The Bertz CT molecular complexity index is 911. The van der Waals surface area contributed by atoms with Crippen LogP contribution in [-0.4, -0.2) is 38.6 Å². The number of anilines is 1. The van der Waals surface area contributed by atoms with E-state index >= 15 is 0 Å². The molecular formula is C18H21N5O2S. The molecule has 136 valence electrons. The van der Waals surface area contributed by atoms with Crippen LogP contribution in [0.4, 0.5) is 5.95 Å². The number of hydrogen-bond acceptors (Lipinski definition) is 7. The van der Waals surface area contributed by atoms with Crippen LogP contribution in [0.1, 0.15) is 40.8 Å². The van der Waals surface area contributed by atoms with Crippen molar-refractivity contribution in [3.8, 4) is 0 Å². The molecule has 1 unspecified atom stereocenters. The quantitative estimate of drug-likeness (QED) is 0.616. The van der Waals surface area contributed by atoms with E-state index in [9.17, 15) is 9.90 Å². The van der Waals surface area contributed by atoms with Gasteiger partial charge in [0.15, 0.2) is 5.69 Å². The molecule has 3 N–H and O–H groups in total.